The van der Waals surface area contributed by atoms with Crippen molar-refractivity contribution in [1.82, 2.24) is 4.98 Å². The monoisotopic (exact) mass is 414 g/mol. The molecule has 1 aromatic heterocycles. The van der Waals surface area contributed by atoms with Gasteiger partial charge in [0.05, 0.1) is 10.7 Å². The van der Waals surface area contributed by atoms with Gasteiger partial charge in [-0.3, -0.25) is 0 Å². The zero-order valence-electron chi connectivity index (χ0n) is 16.4. The molecule has 3 heteroatoms. The number of aromatic nitrogens is 1. The number of rotatable bonds is 6. The van der Waals surface area contributed by atoms with Crippen molar-refractivity contribution in [2.24, 2.45) is 0 Å². The van der Waals surface area contributed by atoms with Crippen LogP contribution in [0.15, 0.2) is 96.4 Å². The predicted octanol–water partition coefficient (Wildman–Crippen LogP) is 5.90. The van der Waals surface area contributed by atoms with Gasteiger partial charge in [0.1, 0.15) is 29.3 Å². The van der Waals surface area contributed by atoms with Crippen LogP contribution in [0.3, 0.4) is 0 Å². The third-order valence-electron chi connectivity index (χ3n) is 6.01. The summed E-state index contributed by atoms with van der Waals surface area (Å²) in [6.07, 6.45) is 4.95. The first-order valence-corrected chi connectivity index (χ1v) is 13.2. The Kier molecular flexibility index (Phi) is 5.31. The van der Waals surface area contributed by atoms with Crippen LogP contribution in [-0.2, 0) is 6.16 Å². The molecule has 4 aromatic rings. The van der Waals surface area contributed by atoms with Crippen molar-refractivity contribution >= 4 is 34.5 Å². The fraction of sp³-hybridized carbons (Fsp3) is 0.192. The van der Waals surface area contributed by atoms with Crippen molar-refractivity contribution in [3.05, 3.63) is 107 Å². The van der Waals surface area contributed by atoms with Crippen LogP contribution in [0.1, 0.15) is 35.9 Å². The van der Waals surface area contributed by atoms with Crippen molar-refractivity contribution in [2.75, 3.05) is 0 Å². The Hall–Kier alpha value is -2.28. The number of hydrogen-bond acceptors (Lipinski definition) is 2. The van der Waals surface area contributed by atoms with Crippen LogP contribution in [0.25, 0.3) is 0 Å². The van der Waals surface area contributed by atoms with Gasteiger partial charge in [-0.2, -0.15) is 0 Å². The minimum Gasteiger partial charge on any atom is -0.242 e. The molecule has 0 unspecified atom stereocenters. The molecule has 144 valence electrons. The lowest BCUT2D eigenvalue weighted by Crippen LogP contribution is -2.32. The van der Waals surface area contributed by atoms with E-state index in [9.17, 15) is 0 Å². The van der Waals surface area contributed by atoms with E-state index in [0.717, 1.165) is 6.16 Å². The molecule has 0 bridgehead atoms. The largest absolute Gasteiger partial charge is 0.242 e. The van der Waals surface area contributed by atoms with E-state index in [1.807, 2.05) is 11.3 Å². The van der Waals surface area contributed by atoms with Crippen molar-refractivity contribution in [1.29, 1.82) is 0 Å². The summed E-state index contributed by atoms with van der Waals surface area (Å²) in [6, 6.07) is 33.3. The van der Waals surface area contributed by atoms with Gasteiger partial charge in [-0.25, -0.2) is 4.98 Å². The first kappa shape index (κ1) is 18.7. The van der Waals surface area contributed by atoms with Gasteiger partial charge in [0, 0.05) is 11.3 Å². The molecule has 5 rings (SSSR count). The third-order valence-corrected chi connectivity index (χ3v) is 11.4. The second-order valence-corrected chi connectivity index (χ2v) is 12.2. The third kappa shape index (κ3) is 3.56. The summed E-state index contributed by atoms with van der Waals surface area (Å²) in [7, 11) is -1.84. The van der Waals surface area contributed by atoms with Crippen LogP contribution in [0.5, 0.6) is 0 Å². The quantitative estimate of drug-likeness (QED) is 0.358. The maximum atomic E-state index is 5.14. The minimum absolute atomic E-state index is 0.701. The lowest BCUT2D eigenvalue weighted by Gasteiger charge is -2.27. The Morgan fingerprint density at radius 1 is 0.724 bits per heavy atom. The van der Waals surface area contributed by atoms with Crippen LogP contribution < -0.4 is 15.9 Å². The second-order valence-electron chi connectivity index (χ2n) is 7.78. The molecule has 1 fully saturated rings. The van der Waals surface area contributed by atoms with E-state index in [1.165, 1.54) is 45.9 Å². The molecule has 1 saturated carbocycles. The molecular formula is C26H25NPS+. The minimum atomic E-state index is -1.84. The molecule has 1 aliphatic carbocycles. The zero-order chi connectivity index (χ0) is 19.5. The first-order chi connectivity index (χ1) is 14.4. The van der Waals surface area contributed by atoms with Gasteiger partial charge in [-0.15, -0.1) is 11.3 Å². The smallest absolute Gasteiger partial charge is 0.118 e. The molecule has 0 saturated heterocycles. The zero-order valence-corrected chi connectivity index (χ0v) is 18.2. The number of nitrogens with zero attached hydrogens (tertiary/aromatic N) is 1. The molecule has 29 heavy (non-hydrogen) atoms. The van der Waals surface area contributed by atoms with Gasteiger partial charge in [-0.05, 0) is 49.2 Å². The molecule has 3 aromatic carbocycles. The van der Waals surface area contributed by atoms with E-state index in [1.54, 1.807) is 0 Å². The second kappa shape index (κ2) is 8.22. The van der Waals surface area contributed by atoms with E-state index < -0.39 is 7.26 Å². The van der Waals surface area contributed by atoms with Gasteiger partial charge in [-0.1, -0.05) is 61.0 Å². The molecular weight excluding hydrogens is 389 g/mol. The average molecular weight is 415 g/mol. The molecule has 0 amide bonds. The van der Waals surface area contributed by atoms with E-state index in [2.05, 4.69) is 96.4 Å². The highest BCUT2D eigenvalue weighted by Crippen LogP contribution is 2.58. The Bertz CT molecular complexity index is 959. The number of hydrogen-bond donors (Lipinski definition) is 0. The van der Waals surface area contributed by atoms with Crippen LogP contribution >= 0.6 is 18.6 Å². The van der Waals surface area contributed by atoms with Crippen molar-refractivity contribution in [2.45, 2.75) is 31.3 Å². The van der Waals surface area contributed by atoms with Crippen molar-refractivity contribution < 1.29 is 0 Å². The van der Waals surface area contributed by atoms with Crippen LogP contribution in [0.4, 0.5) is 0 Å². The molecule has 1 aliphatic rings. The standard InChI is InChI=1S/C26H25NPS/c1-4-13-23(14-5-1)28(24-15-6-2-7-16-24,25-17-8-3-9-18-25)19-22-20-29-26(27-22)21-11-10-12-21/h1-9,13-18,20-21H,10-12,19H2/q+1. The van der Waals surface area contributed by atoms with Crippen LogP contribution in [0, 0.1) is 0 Å². The average Bonchev–Trinajstić information content (AvgIpc) is 3.20. The predicted molar refractivity (Wildman–Crippen MR) is 128 cm³/mol. The van der Waals surface area contributed by atoms with Crippen LogP contribution in [-0.4, -0.2) is 4.98 Å². The molecule has 0 atom stereocenters. The molecule has 0 spiro atoms. The lowest BCUT2D eigenvalue weighted by molar-refractivity contribution is 0.418. The topological polar surface area (TPSA) is 12.9 Å². The summed E-state index contributed by atoms with van der Waals surface area (Å²) in [5, 5.41) is 7.94. The van der Waals surface area contributed by atoms with Gasteiger partial charge in [0.25, 0.3) is 0 Å². The summed E-state index contributed by atoms with van der Waals surface area (Å²) in [6.45, 7) is 0. The van der Waals surface area contributed by atoms with E-state index >= 15 is 0 Å². The summed E-state index contributed by atoms with van der Waals surface area (Å²) >= 11 is 1.87. The van der Waals surface area contributed by atoms with Crippen LogP contribution in [0.2, 0.25) is 0 Å². The summed E-state index contributed by atoms with van der Waals surface area (Å²) in [5.41, 5.74) is 1.25. The first-order valence-electron chi connectivity index (χ1n) is 10.4. The number of benzene rings is 3. The molecule has 1 heterocycles. The lowest BCUT2D eigenvalue weighted by atomic mass is 9.86. The van der Waals surface area contributed by atoms with E-state index in [-0.39, 0.29) is 0 Å². The fourth-order valence-corrected chi connectivity index (χ4v) is 9.50. The Morgan fingerprint density at radius 3 is 1.62 bits per heavy atom. The summed E-state index contributed by atoms with van der Waals surface area (Å²) < 4.78 is 0. The fourth-order valence-electron chi connectivity index (χ4n) is 4.25. The van der Waals surface area contributed by atoms with E-state index in [0.29, 0.717) is 5.92 Å². The Morgan fingerprint density at radius 2 is 1.21 bits per heavy atom. The highest BCUT2D eigenvalue weighted by Gasteiger charge is 2.46. The molecule has 0 aliphatic heterocycles. The maximum absolute atomic E-state index is 5.14. The molecule has 0 N–H and O–H groups in total. The van der Waals surface area contributed by atoms with Crippen molar-refractivity contribution in [3.63, 3.8) is 0 Å². The highest BCUT2D eigenvalue weighted by atomic mass is 32.1. The Balaban J connectivity index is 1.68. The molecule has 0 radical (unpaired) electrons. The normalized spacial score (nSPS) is 14.5. The highest BCUT2D eigenvalue weighted by molar-refractivity contribution is 7.95. The Labute approximate surface area is 177 Å². The number of thiazole rings is 1. The van der Waals surface area contributed by atoms with E-state index in [4.69, 9.17) is 4.98 Å². The molecule has 1 nitrogen and oxygen atoms in total. The van der Waals surface area contributed by atoms with Gasteiger partial charge < -0.3 is 0 Å². The van der Waals surface area contributed by atoms with Gasteiger partial charge in [0.2, 0.25) is 0 Å². The van der Waals surface area contributed by atoms with Gasteiger partial charge in [0.15, 0.2) is 0 Å². The SMILES string of the molecule is c1ccc([P+](Cc2csc(C3CCC3)n2)(c2ccccc2)c2ccccc2)cc1. The van der Waals surface area contributed by atoms with Gasteiger partial charge >= 0.3 is 0 Å². The van der Waals surface area contributed by atoms with Crippen molar-refractivity contribution in [3.8, 4) is 0 Å². The summed E-state index contributed by atoms with van der Waals surface area (Å²) in [5.74, 6) is 0.701. The maximum Gasteiger partial charge on any atom is 0.118 e. The summed E-state index contributed by atoms with van der Waals surface area (Å²) in [4.78, 5) is 5.14.